The minimum Gasteiger partial charge on any atom is -0.274 e. The number of allylic oxidation sites excluding steroid dienone is 2. The summed E-state index contributed by atoms with van der Waals surface area (Å²) in [6.07, 6.45) is 1.28. The molecule has 2 amide bonds. The molecule has 1 saturated heterocycles. The number of anilines is 1. The molecule has 9 heteroatoms. The fourth-order valence-electron chi connectivity index (χ4n) is 4.72. The van der Waals surface area contributed by atoms with Gasteiger partial charge in [-0.3, -0.25) is 9.59 Å². The third kappa shape index (κ3) is 2.07. The number of amides is 2. The van der Waals surface area contributed by atoms with Gasteiger partial charge in [0.25, 0.3) is 0 Å². The number of hydrogen-bond acceptors (Lipinski definition) is 2. The highest BCUT2D eigenvalue weighted by atomic mass is 35.5. The van der Waals surface area contributed by atoms with Crippen molar-refractivity contribution in [1.82, 2.24) is 0 Å². The third-order valence-electron chi connectivity index (χ3n) is 6.10. The van der Waals surface area contributed by atoms with E-state index >= 15 is 0 Å². The minimum absolute atomic E-state index is 0.0837. The molecule has 0 N–H and O–H groups in total. The number of nitrogens with zero attached hydrogens (tertiary/aromatic N) is 1. The Morgan fingerprint density at radius 2 is 1.25 bits per heavy atom. The van der Waals surface area contributed by atoms with Gasteiger partial charge in [0.15, 0.2) is 4.33 Å². The predicted molar refractivity (Wildman–Crippen MR) is 115 cm³/mol. The van der Waals surface area contributed by atoms with Gasteiger partial charge in [0.2, 0.25) is 11.8 Å². The molecular formula is C19H15Cl6NO2. The van der Waals surface area contributed by atoms with Crippen LogP contribution in [0.15, 0.2) is 28.3 Å². The average Bonchev–Trinajstić information content (AvgIpc) is 3.05. The van der Waals surface area contributed by atoms with Gasteiger partial charge in [0.05, 0.1) is 27.6 Å². The Balaban J connectivity index is 1.95. The van der Waals surface area contributed by atoms with Gasteiger partial charge in [-0.15, -0.1) is 23.2 Å². The fraction of sp³-hybridized carbons (Fsp3) is 0.474. The molecule has 2 aliphatic carbocycles. The van der Waals surface area contributed by atoms with Gasteiger partial charge in [-0.1, -0.05) is 78.5 Å². The first kappa shape index (κ1) is 21.1. The number of benzene rings is 1. The number of fused-ring (bicyclic) bond motifs is 5. The summed E-state index contributed by atoms with van der Waals surface area (Å²) in [5, 5.41) is -0.167. The molecule has 4 rings (SSSR count). The van der Waals surface area contributed by atoms with Crippen molar-refractivity contribution in [2.45, 2.75) is 40.8 Å². The molecule has 1 aliphatic heterocycles. The first-order valence-corrected chi connectivity index (χ1v) is 11.1. The normalized spacial score (nSPS) is 35.9. The first-order chi connectivity index (χ1) is 13.0. The maximum atomic E-state index is 13.5. The van der Waals surface area contributed by atoms with Crippen LogP contribution in [0.25, 0.3) is 0 Å². The molecule has 3 nitrogen and oxygen atoms in total. The number of carbonyl (C=O) groups is 2. The lowest BCUT2D eigenvalue weighted by atomic mass is 9.84. The fourth-order valence-corrected chi connectivity index (χ4v) is 7.65. The molecule has 1 saturated carbocycles. The van der Waals surface area contributed by atoms with Gasteiger partial charge in [-0.2, -0.15) is 0 Å². The maximum absolute atomic E-state index is 13.5. The van der Waals surface area contributed by atoms with Gasteiger partial charge in [-0.25, -0.2) is 4.90 Å². The topological polar surface area (TPSA) is 37.4 Å². The van der Waals surface area contributed by atoms with E-state index in [0.29, 0.717) is 18.5 Å². The molecule has 0 radical (unpaired) electrons. The van der Waals surface area contributed by atoms with Crippen molar-refractivity contribution in [2.75, 3.05) is 4.90 Å². The minimum atomic E-state index is -1.91. The molecule has 2 bridgehead atoms. The zero-order valence-electron chi connectivity index (χ0n) is 14.8. The van der Waals surface area contributed by atoms with Crippen LogP contribution in [0.3, 0.4) is 0 Å². The molecule has 3 aliphatic rings. The summed E-state index contributed by atoms with van der Waals surface area (Å²) >= 11 is 39.2. The van der Waals surface area contributed by atoms with Crippen LogP contribution in [0.1, 0.15) is 25.0 Å². The van der Waals surface area contributed by atoms with E-state index in [1.54, 1.807) is 0 Å². The largest absolute Gasteiger partial charge is 0.274 e. The van der Waals surface area contributed by atoms with E-state index in [4.69, 9.17) is 69.6 Å². The summed E-state index contributed by atoms with van der Waals surface area (Å²) in [5.74, 6) is -3.26. The molecule has 1 aromatic rings. The summed E-state index contributed by atoms with van der Waals surface area (Å²) in [6.45, 7) is 3.91. The molecule has 0 spiro atoms. The van der Waals surface area contributed by atoms with Crippen LogP contribution in [0.4, 0.5) is 5.69 Å². The molecule has 1 heterocycles. The average molecular weight is 502 g/mol. The molecule has 1 aromatic carbocycles. The number of para-hydroxylation sites is 1. The Morgan fingerprint density at radius 3 is 1.61 bits per heavy atom. The Labute approximate surface area is 192 Å². The van der Waals surface area contributed by atoms with E-state index < -0.39 is 37.7 Å². The van der Waals surface area contributed by atoms with Gasteiger partial charge >= 0.3 is 0 Å². The lowest BCUT2D eigenvalue weighted by molar-refractivity contribution is -0.123. The number of alkyl halides is 4. The number of imide groups is 1. The van der Waals surface area contributed by atoms with E-state index in [1.165, 1.54) is 4.90 Å². The van der Waals surface area contributed by atoms with Crippen molar-refractivity contribution in [2.24, 2.45) is 11.8 Å². The summed E-state index contributed by atoms with van der Waals surface area (Å²) in [7, 11) is 0. The molecule has 28 heavy (non-hydrogen) atoms. The Morgan fingerprint density at radius 1 is 0.857 bits per heavy atom. The second kappa shape index (κ2) is 6.42. The van der Waals surface area contributed by atoms with Crippen LogP contribution in [0.5, 0.6) is 0 Å². The quantitative estimate of drug-likeness (QED) is 0.390. The van der Waals surface area contributed by atoms with Crippen LogP contribution >= 0.6 is 69.6 Å². The zero-order chi connectivity index (χ0) is 20.8. The van der Waals surface area contributed by atoms with Crippen molar-refractivity contribution >= 4 is 87.1 Å². The van der Waals surface area contributed by atoms with E-state index in [-0.39, 0.29) is 10.1 Å². The van der Waals surface area contributed by atoms with Gasteiger partial charge < -0.3 is 0 Å². The summed E-state index contributed by atoms with van der Waals surface area (Å²) in [6, 6.07) is 5.67. The number of aryl methyl sites for hydroxylation is 2. The third-order valence-corrected chi connectivity index (χ3v) is 10.4. The van der Waals surface area contributed by atoms with Crippen LogP contribution in [0.2, 0.25) is 0 Å². The molecular weight excluding hydrogens is 487 g/mol. The van der Waals surface area contributed by atoms with Crippen LogP contribution in [0, 0.1) is 11.8 Å². The SMILES string of the molecule is CCc1cccc(CC)c1N1C(=O)[C@@H]2[C@H](C1=O)[C@]1(Cl)C(Cl)=C(Cl)[C@]2(Cl)C1(Cl)Cl. The van der Waals surface area contributed by atoms with E-state index in [9.17, 15) is 9.59 Å². The monoisotopic (exact) mass is 499 g/mol. The smallest absolute Gasteiger partial charge is 0.240 e. The Hall–Kier alpha value is -0.160. The van der Waals surface area contributed by atoms with E-state index in [0.717, 1.165) is 11.1 Å². The first-order valence-electron chi connectivity index (χ1n) is 8.82. The lowest BCUT2D eigenvalue weighted by Crippen LogP contribution is -2.50. The van der Waals surface area contributed by atoms with Crippen molar-refractivity contribution in [3.05, 3.63) is 39.4 Å². The highest BCUT2D eigenvalue weighted by Gasteiger charge is 2.87. The van der Waals surface area contributed by atoms with Crippen molar-refractivity contribution < 1.29 is 9.59 Å². The highest BCUT2D eigenvalue weighted by Crippen LogP contribution is 2.77. The van der Waals surface area contributed by atoms with E-state index in [1.807, 2.05) is 32.0 Å². The predicted octanol–water partition coefficient (Wildman–Crippen LogP) is 5.76. The van der Waals surface area contributed by atoms with Crippen molar-refractivity contribution in [3.63, 3.8) is 0 Å². The maximum Gasteiger partial charge on any atom is 0.240 e. The zero-order valence-corrected chi connectivity index (χ0v) is 19.4. The molecule has 2 fully saturated rings. The summed E-state index contributed by atoms with van der Waals surface area (Å²) in [5.41, 5.74) is 2.31. The number of carbonyl (C=O) groups excluding carboxylic acids is 2. The summed E-state index contributed by atoms with van der Waals surface area (Å²) < 4.78 is -1.91. The van der Waals surface area contributed by atoms with Gasteiger partial charge in [-0.05, 0) is 24.0 Å². The second-order valence-electron chi connectivity index (χ2n) is 7.23. The lowest BCUT2D eigenvalue weighted by Gasteiger charge is -2.35. The number of rotatable bonds is 3. The van der Waals surface area contributed by atoms with Crippen molar-refractivity contribution in [3.8, 4) is 0 Å². The van der Waals surface area contributed by atoms with Crippen LogP contribution in [-0.4, -0.2) is 25.9 Å². The highest BCUT2D eigenvalue weighted by molar-refractivity contribution is 6.67. The number of halogens is 6. The Bertz CT molecular complexity index is 891. The molecule has 0 aromatic heterocycles. The number of hydrogen-bond donors (Lipinski definition) is 0. The Kier molecular flexibility index (Phi) is 4.83. The van der Waals surface area contributed by atoms with Crippen LogP contribution < -0.4 is 4.90 Å². The second-order valence-corrected chi connectivity index (χ2v) is 10.5. The van der Waals surface area contributed by atoms with Crippen LogP contribution in [-0.2, 0) is 22.4 Å². The van der Waals surface area contributed by atoms with E-state index in [2.05, 4.69) is 0 Å². The molecule has 0 unspecified atom stereocenters. The molecule has 150 valence electrons. The molecule has 4 atom stereocenters. The standard InChI is InChI=1S/C19H15Cl6NO2/c1-3-8-6-5-7-9(4-2)12(8)26-15(27)10-11(16(26)28)18(23)14(21)13(20)17(10,22)19(18,24)25/h5-7,10-11H,3-4H2,1-2H3/t10-,11+,17-,18-/m0/s1. The van der Waals surface area contributed by atoms with Gasteiger partial charge in [0.1, 0.15) is 9.75 Å². The van der Waals surface area contributed by atoms with Crippen molar-refractivity contribution in [1.29, 1.82) is 0 Å². The van der Waals surface area contributed by atoms with Gasteiger partial charge in [0, 0.05) is 0 Å². The summed E-state index contributed by atoms with van der Waals surface area (Å²) in [4.78, 5) is 24.7.